The first-order valence-corrected chi connectivity index (χ1v) is 10.6. The van der Waals surface area contributed by atoms with Gasteiger partial charge in [0, 0.05) is 29.0 Å². The fourth-order valence-corrected chi connectivity index (χ4v) is 3.44. The molecule has 0 fully saturated rings. The quantitative estimate of drug-likeness (QED) is 0.410. The van der Waals surface area contributed by atoms with E-state index in [1.165, 1.54) is 30.5 Å². The van der Waals surface area contributed by atoms with E-state index in [1.54, 1.807) is 29.1 Å². The Balaban J connectivity index is 1.35. The molecule has 166 valence electrons. The Morgan fingerprint density at radius 2 is 1.76 bits per heavy atom. The van der Waals surface area contributed by atoms with E-state index in [9.17, 15) is 14.0 Å². The van der Waals surface area contributed by atoms with Gasteiger partial charge in [-0.1, -0.05) is 48.0 Å². The first-order chi connectivity index (χ1) is 16.0. The summed E-state index contributed by atoms with van der Waals surface area (Å²) in [6, 6.07) is 20.0. The third kappa shape index (κ3) is 5.84. The number of anilines is 1. The van der Waals surface area contributed by atoms with E-state index in [-0.39, 0.29) is 18.0 Å². The number of nitrogens with one attached hydrogen (secondary N) is 2. The summed E-state index contributed by atoms with van der Waals surface area (Å²) in [6.45, 7) is 0.720. The Bertz CT molecular complexity index is 1300. The highest BCUT2D eigenvalue weighted by Crippen LogP contribution is 2.16. The van der Waals surface area contributed by atoms with E-state index >= 15 is 0 Å². The van der Waals surface area contributed by atoms with Crippen LogP contribution in [-0.2, 0) is 13.1 Å². The van der Waals surface area contributed by atoms with Crippen LogP contribution in [0.2, 0.25) is 5.02 Å². The van der Waals surface area contributed by atoms with E-state index in [0.717, 1.165) is 11.1 Å². The summed E-state index contributed by atoms with van der Waals surface area (Å²) in [4.78, 5) is 24.9. The van der Waals surface area contributed by atoms with Crippen LogP contribution < -0.4 is 10.6 Å². The minimum absolute atomic E-state index is 0.225. The number of nitrogens with zero attached hydrogens (tertiary/aromatic N) is 2. The maximum atomic E-state index is 13.3. The molecule has 1 aromatic heterocycles. The molecule has 1 heterocycles. The zero-order chi connectivity index (χ0) is 23.2. The van der Waals surface area contributed by atoms with Gasteiger partial charge in [0.1, 0.15) is 5.82 Å². The van der Waals surface area contributed by atoms with Crippen LogP contribution in [0.3, 0.4) is 0 Å². The lowest BCUT2D eigenvalue weighted by Crippen LogP contribution is -2.22. The fraction of sp³-hybridized carbons (Fsp3) is 0.0800. The molecular formula is C25H20ClFN4O2. The molecule has 0 spiro atoms. The topological polar surface area (TPSA) is 76.0 Å². The number of halogens is 2. The third-order valence-electron chi connectivity index (χ3n) is 4.91. The van der Waals surface area contributed by atoms with Crippen LogP contribution in [0.1, 0.15) is 31.8 Å². The molecule has 8 heteroatoms. The van der Waals surface area contributed by atoms with Crippen molar-refractivity contribution in [2.45, 2.75) is 13.1 Å². The predicted molar refractivity (Wildman–Crippen MR) is 125 cm³/mol. The number of carbonyl (C=O) groups excluding carboxylic acids is 2. The van der Waals surface area contributed by atoms with Crippen molar-refractivity contribution in [2.24, 2.45) is 0 Å². The van der Waals surface area contributed by atoms with E-state index in [0.29, 0.717) is 22.8 Å². The number of rotatable bonds is 7. The van der Waals surface area contributed by atoms with Crippen LogP contribution in [0.4, 0.5) is 10.1 Å². The summed E-state index contributed by atoms with van der Waals surface area (Å²) in [5.41, 5.74) is 2.90. The van der Waals surface area contributed by atoms with Crippen molar-refractivity contribution in [1.82, 2.24) is 15.1 Å². The lowest BCUT2D eigenvalue weighted by atomic mass is 10.1. The van der Waals surface area contributed by atoms with Crippen LogP contribution in [0.15, 0.2) is 85.2 Å². The molecular weight excluding hydrogens is 443 g/mol. The van der Waals surface area contributed by atoms with Gasteiger partial charge in [0.25, 0.3) is 11.8 Å². The second-order valence-corrected chi connectivity index (χ2v) is 7.77. The van der Waals surface area contributed by atoms with E-state index in [2.05, 4.69) is 15.7 Å². The van der Waals surface area contributed by atoms with Gasteiger partial charge in [-0.25, -0.2) is 4.39 Å². The molecule has 0 aliphatic heterocycles. The second kappa shape index (κ2) is 10.1. The molecule has 0 aliphatic carbocycles. The molecule has 0 saturated carbocycles. The summed E-state index contributed by atoms with van der Waals surface area (Å²) < 4.78 is 15.0. The van der Waals surface area contributed by atoms with E-state index < -0.39 is 11.7 Å². The standard InChI is InChI=1S/C25H20ClFN4O2/c26-23-10-2-1-6-19(23)15-31-16-20(14-29-31)24(32)28-13-17-5-3-9-22(11-17)30-25(33)18-7-4-8-21(27)12-18/h1-12,14,16H,13,15H2,(H,28,32)(H,30,33). The monoisotopic (exact) mass is 462 g/mol. The maximum absolute atomic E-state index is 13.3. The molecule has 33 heavy (non-hydrogen) atoms. The number of aromatic nitrogens is 2. The predicted octanol–water partition coefficient (Wildman–Crippen LogP) is 4.91. The molecule has 0 radical (unpaired) electrons. The first-order valence-electron chi connectivity index (χ1n) is 10.2. The molecule has 0 aliphatic rings. The first kappa shape index (κ1) is 22.2. The van der Waals surface area contributed by atoms with Crippen LogP contribution in [0.5, 0.6) is 0 Å². The normalized spacial score (nSPS) is 10.6. The van der Waals surface area contributed by atoms with Crippen molar-refractivity contribution in [3.8, 4) is 0 Å². The Hall–Kier alpha value is -3.97. The van der Waals surface area contributed by atoms with Crippen molar-refractivity contribution in [3.05, 3.63) is 118 Å². The highest BCUT2D eigenvalue weighted by Gasteiger charge is 2.11. The molecule has 4 rings (SSSR count). The fourth-order valence-electron chi connectivity index (χ4n) is 3.24. The van der Waals surface area contributed by atoms with Crippen LogP contribution in [-0.4, -0.2) is 21.6 Å². The minimum Gasteiger partial charge on any atom is -0.348 e. The number of carbonyl (C=O) groups is 2. The van der Waals surface area contributed by atoms with Crippen molar-refractivity contribution in [1.29, 1.82) is 0 Å². The molecule has 4 aromatic rings. The van der Waals surface area contributed by atoms with Crippen molar-refractivity contribution >= 4 is 29.1 Å². The number of hydrogen-bond donors (Lipinski definition) is 2. The number of benzene rings is 3. The SMILES string of the molecule is O=C(NCc1cccc(NC(=O)c2cccc(F)c2)c1)c1cnn(Cc2ccccc2Cl)c1. The molecule has 2 amide bonds. The van der Waals surface area contributed by atoms with Crippen molar-refractivity contribution in [3.63, 3.8) is 0 Å². The lowest BCUT2D eigenvalue weighted by molar-refractivity contribution is 0.0949. The maximum Gasteiger partial charge on any atom is 0.255 e. The van der Waals surface area contributed by atoms with Gasteiger partial charge < -0.3 is 10.6 Å². The number of amides is 2. The second-order valence-electron chi connectivity index (χ2n) is 7.37. The third-order valence-corrected chi connectivity index (χ3v) is 5.28. The van der Waals surface area contributed by atoms with Gasteiger partial charge in [-0.3, -0.25) is 14.3 Å². The van der Waals surface area contributed by atoms with Crippen LogP contribution in [0.25, 0.3) is 0 Å². The largest absolute Gasteiger partial charge is 0.348 e. The summed E-state index contributed by atoms with van der Waals surface area (Å²) in [6.07, 6.45) is 3.16. The van der Waals surface area contributed by atoms with Gasteiger partial charge in [0.15, 0.2) is 0 Å². The minimum atomic E-state index is -0.477. The molecule has 0 unspecified atom stereocenters. The van der Waals surface area contributed by atoms with Gasteiger partial charge in [-0.2, -0.15) is 5.10 Å². The summed E-state index contributed by atoms with van der Waals surface area (Å²) >= 11 is 6.18. The average molecular weight is 463 g/mol. The molecule has 0 bridgehead atoms. The van der Waals surface area contributed by atoms with Crippen LogP contribution >= 0.6 is 11.6 Å². The van der Waals surface area contributed by atoms with Crippen LogP contribution in [0, 0.1) is 5.82 Å². The van der Waals surface area contributed by atoms with Gasteiger partial charge in [-0.05, 0) is 47.5 Å². The molecule has 0 atom stereocenters. The Kier molecular flexibility index (Phi) is 6.80. The van der Waals surface area contributed by atoms with Crippen molar-refractivity contribution < 1.29 is 14.0 Å². The van der Waals surface area contributed by atoms with Gasteiger partial charge >= 0.3 is 0 Å². The van der Waals surface area contributed by atoms with Gasteiger partial charge in [0.05, 0.1) is 18.3 Å². The lowest BCUT2D eigenvalue weighted by Gasteiger charge is -2.09. The van der Waals surface area contributed by atoms with Crippen molar-refractivity contribution in [2.75, 3.05) is 5.32 Å². The smallest absolute Gasteiger partial charge is 0.255 e. The van der Waals surface area contributed by atoms with Gasteiger partial charge in [-0.15, -0.1) is 0 Å². The average Bonchev–Trinajstić information content (AvgIpc) is 3.28. The Labute approximate surface area is 195 Å². The molecule has 3 aromatic carbocycles. The zero-order valence-corrected chi connectivity index (χ0v) is 18.2. The molecule has 6 nitrogen and oxygen atoms in total. The summed E-state index contributed by atoms with van der Waals surface area (Å²) in [5.74, 6) is -1.16. The zero-order valence-electron chi connectivity index (χ0n) is 17.5. The molecule has 2 N–H and O–H groups in total. The Morgan fingerprint density at radius 1 is 0.939 bits per heavy atom. The Morgan fingerprint density at radius 3 is 2.58 bits per heavy atom. The van der Waals surface area contributed by atoms with E-state index in [1.807, 2.05) is 30.3 Å². The van der Waals surface area contributed by atoms with Gasteiger partial charge in [0.2, 0.25) is 0 Å². The summed E-state index contributed by atoms with van der Waals surface area (Å²) in [5, 5.41) is 10.5. The van der Waals surface area contributed by atoms with E-state index in [4.69, 9.17) is 11.6 Å². The number of hydrogen-bond acceptors (Lipinski definition) is 3. The highest BCUT2D eigenvalue weighted by molar-refractivity contribution is 6.31. The molecule has 0 saturated heterocycles. The highest BCUT2D eigenvalue weighted by atomic mass is 35.5. The summed E-state index contributed by atoms with van der Waals surface area (Å²) in [7, 11) is 0.